The van der Waals surface area contributed by atoms with E-state index in [-0.39, 0.29) is 11.9 Å². The molecule has 0 saturated heterocycles. The molecular formula is C17H26N2O3. The van der Waals surface area contributed by atoms with E-state index in [1.54, 1.807) is 11.9 Å². The quantitative estimate of drug-likeness (QED) is 0.909. The van der Waals surface area contributed by atoms with Crippen LogP contribution in [0, 0.1) is 0 Å². The van der Waals surface area contributed by atoms with Gasteiger partial charge in [-0.2, -0.15) is 0 Å². The number of nitrogens with one attached hydrogen (secondary N) is 1. The van der Waals surface area contributed by atoms with Crippen molar-refractivity contribution in [1.29, 1.82) is 0 Å². The monoisotopic (exact) mass is 306 g/mol. The number of nitrogens with zero attached hydrogens (tertiary/aromatic N) is 1. The SMILES string of the molecule is C[C@@H](CN(C)C(=O)Cc1ccccc1)NC(=O)OC(C)(C)C. The van der Waals surface area contributed by atoms with Crippen LogP contribution in [0.4, 0.5) is 4.79 Å². The minimum atomic E-state index is -0.529. The number of ether oxygens (including phenoxy) is 1. The smallest absolute Gasteiger partial charge is 0.407 e. The Morgan fingerprint density at radius 3 is 2.36 bits per heavy atom. The summed E-state index contributed by atoms with van der Waals surface area (Å²) in [6.45, 7) is 7.72. The van der Waals surface area contributed by atoms with Crippen LogP contribution in [0.1, 0.15) is 33.3 Å². The molecule has 5 heteroatoms. The van der Waals surface area contributed by atoms with E-state index < -0.39 is 11.7 Å². The largest absolute Gasteiger partial charge is 0.444 e. The van der Waals surface area contributed by atoms with Crippen LogP contribution < -0.4 is 5.32 Å². The molecule has 0 bridgehead atoms. The van der Waals surface area contributed by atoms with E-state index in [0.717, 1.165) is 5.56 Å². The highest BCUT2D eigenvalue weighted by Gasteiger charge is 2.19. The molecule has 1 N–H and O–H groups in total. The first-order valence-electron chi connectivity index (χ1n) is 7.45. The summed E-state index contributed by atoms with van der Waals surface area (Å²) < 4.78 is 5.19. The lowest BCUT2D eigenvalue weighted by molar-refractivity contribution is -0.129. The van der Waals surface area contributed by atoms with Gasteiger partial charge in [0.1, 0.15) is 5.60 Å². The second kappa shape index (κ2) is 7.82. The standard InChI is InChI=1S/C17H26N2O3/c1-13(18-16(21)22-17(2,3)4)12-19(5)15(20)11-14-9-7-6-8-10-14/h6-10,13H,11-12H2,1-5H3,(H,18,21)/t13-/m0/s1. The molecule has 1 aromatic rings. The van der Waals surface area contributed by atoms with E-state index in [1.807, 2.05) is 58.0 Å². The van der Waals surface area contributed by atoms with Crippen molar-refractivity contribution in [3.05, 3.63) is 35.9 Å². The van der Waals surface area contributed by atoms with Crippen LogP contribution in [0.25, 0.3) is 0 Å². The maximum atomic E-state index is 12.1. The van der Waals surface area contributed by atoms with E-state index in [9.17, 15) is 9.59 Å². The van der Waals surface area contributed by atoms with Crippen molar-refractivity contribution in [2.75, 3.05) is 13.6 Å². The first kappa shape index (κ1) is 18.0. The number of benzene rings is 1. The minimum absolute atomic E-state index is 0.0176. The van der Waals surface area contributed by atoms with E-state index in [4.69, 9.17) is 4.74 Å². The third-order valence-corrected chi connectivity index (χ3v) is 2.93. The highest BCUT2D eigenvalue weighted by molar-refractivity contribution is 5.78. The lowest BCUT2D eigenvalue weighted by atomic mass is 10.1. The summed E-state index contributed by atoms with van der Waals surface area (Å²) >= 11 is 0. The van der Waals surface area contributed by atoms with E-state index in [2.05, 4.69) is 5.32 Å². The number of amides is 2. The van der Waals surface area contributed by atoms with Gasteiger partial charge >= 0.3 is 6.09 Å². The molecule has 0 spiro atoms. The summed E-state index contributed by atoms with van der Waals surface area (Å²) in [6, 6.07) is 9.41. The molecule has 0 unspecified atom stereocenters. The van der Waals surface area contributed by atoms with Gasteiger partial charge in [-0.3, -0.25) is 4.79 Å². The Kier molecular flexibility index (Phi) is 6.40. The molecule has 1 rings (SSSR count). The zero-order valence-corrected chi connectivity index (χ0v) is 14.1. The number of carbonyl (C=O) groups excluding carboxylic acids is 2. The second-order valence-corrected chi connectivity index (χ2v) is 6.48. The van der Waals surface area contributed by atoms with Crippen LogP contribution in [0.5, 0.6) is 0 Å². The van der Waals surface area contributed by atoms with Gasteiger partial charge in [-0.15, -0.1) is 0 Å². The molecule has 0 aromatic heterocycles. The van der Waals surface area contributed by atoms with Crippen molar-refractivity contribution in [2.45, 2.75) is 45.8 Å². The fraction of sp³-hybridized carbons (Fsp3) is 0.529. The van der Waals surface area contributed by atoms with Gasteiger partial charge in [0, 0.05) is 19.6 Å². The van der Waals surface area contributed by atoms with Gasteiger partial charge < -0.3 is 15.0 Å². The Bertz CT molecular complexity index is 494. The van der Waals surface area contributed by atoms with Gasteiger partial charge in [0.25, 0.3) is 0 Å². The summed E-state index contributed by atoms with van der Waals surface area (Å²) in [5.74, 6) is 0.0176. The summed E-state index contributed by atoms with van der Waals surface area (Å²) in [4.78, 5) is 25.4. The molecule has 2 amide bonds. The highest BCUT2D eigenvalue weighted by Crippen LogP contribution is 2.07. The normalized spacial score (nSPS) is 12.4. The van der Waals surface area contributed by atoms with Crippen LogP contribution in [-0.4, -0.2) is 42.1 Å². The Hall–Kier alpha value is -2.04. The average Bonchev–Trinajstić information content (AvgIpc) is 2.36. The van der Waals surface area contributed by atoms with Gasteiger partial charge in [-0.05, 0) is 33.3 Å². The Balaban J connectivity index is 2.41. The molecule has 0 aliphatic carbocycles. The molecule has 22 heavy (non-hydrogen) atoms. The van der Waals surface area contributed by atoms with Crippen LogP contribution >= 0.6 is 0 Å². The van der Waals surface area contributed by atoms with E-state index in [0.29, 0.717) is 13.0 Å². The number of rotatable bonds is 5. The van der Waals surface area contributed by atoms with Crippen LogP contribution in [-0.2, 0) is 16.0 Å². The molecule has 1 atom stereocenters. The molecule has 0 saturated carbocycles. The Morgan fingerprint density at radius 2 is 1.82 bits per heavy atom. The third-order valence-electron chi connectivity index (χ3n) is 2.93. The molecule has 0 aliphatic rings. The molecule has 0 fully saturated rings. The predicted octanol–water partition coefficient (Wildman–Crippen LogP) is 2.60. The first-order valence-corrected chi connectivity index (χ1v) is 7.45. The van der Waals surface area contributed by atoms with Crippen molar-refractivity contribution in [1.82, 2.24) is 10.2 Å². The number of hydrogen-bond donors (Lipinski definition) is 1. The fourth-order valence-corrected chi connectivity index (χ4v) is 1.97. The maximum absolute atomic E-state index is 12.1. The Morgan fingerprint density at radius 1 is 1.23 bits per heavy atom. The van der Waals surface area contributed by atoms with E-state index >= 15 is 0 Å². The van der Waals surface area contributed by atoms with Crippen molar-refractivity contribution in [3.63, 3.8) is 0 Å². The summed E-state index contributed by atoms with van der Waals surface area (Å²) in [5, 5.41) is 2.73. The number of carbonyl (C=O) groups is 2. The summed E-state index contributed by atoms with van der Waals surface area (Å²) in [5.41, 5.74) is 0.450. The zero-order valence-electron chi connectivity index (χ0n) is 14.1. The van der Waals surface area contributed by atoms with Gasteiger partial charge in [-0.1, -0.05) is 30.3 Å². The van der Waals surface area contributed by atoms with Crippen molar-refractivity contribution in [2.24, 2.45) is 0 Å². The van der Waals surface area contributed by atoms with Gasteiger partial charge in [-0.25, -0.2) is 4.79 Å². The second-order valence-electron chi connectivity index (χ2n) is 6.48. The van der Waals surface area contributed by atoms with Gasteiger partial charge in [0.15, 0.2) is 0 Å². The molecule has 1 aromatic carbocycles. The topological polar surface area (TPSA) is 58.6 Å². The number of likely N-dealkylation sites (N-methyl/N-ethyl adjacent to an activating group) is 1. The molecule has 0 radical (unpaired) electrons. The minimum Gasteiger partial charge on any atom is -0.444 e. The van der Waals surface area contributed by atoms with E-state index in [1.165, 1.54) is 0 Å². The van der Waals surface area contributed by atoms with Crippen LogP contribution in [0.2, 0.25) is 0 Å². The Labute approximate surface area is 132 Å². The number of hydrogen-bond acceptors (Lipinski definition) is 3. The van der Waals surface area contributed by atoms with Gasteiger partial charge in [0.05, 0.1) is 6.42 Å². The molecule has 0 aliphatic heterocycles. The zero-order chi connectivity index (χ0) is 16.8. The fourth-order valence-electron chi connectivity index (χ4n) is 1.97. The molecule has 122 valence electrons. The summed E-state index contributed by atoms with van der Waals surface area (Å²) in [6.07, 6.45) is -0.111. The first-order chi connectivity index (χ1) is 10.2. The maximum Gasteiger partial charge on any atom is 0.407 e. The molecular weight excluding hydrogens is 280 g/mol. The van der Waals surface area contributed by atoms with Crippen LogP contribution in [0.3, 0.4) is 0 Å². The lowest BCUT2D eigenvalue weighted by Crippen LogP contribution is -2.44. The van der Waals surface area contributed by atoms with Crippen molar-refractivity contribution < 1.29 is 14.3 Å². The van der Waals surface area contributed by atoms with Gasteiger partial charge in [0.2, 0.25) is 5.91 Å². The summed E-state index contributed by atoms with van der Waals surface area (Å²) in [7, 11) is 1.73. The molecule has 5 nitrogen and oxygen atoms in total. The van der Waals surface area contributed by atoms with Crippen LogP contribution in [0.15, 0.2) is 30.3 Å². The lowest BCUT2D eigenvalue weighted by Gasteiger charge is -2.25. The average molecular weight is 306 g/mol. The van der Waals surface area contributed by atoms with Crippen molar-refractivity contribution in [3.8, 4) is 0 Å². The predicted molar refractivity (Wildman–Crippen MR) is 86.6 cm³/mol. The third kappa shape index (κ3) is 7.11. The number of alkyl carbamates (subject to hydrolysis) is 1. The van der Waals surface area contributed by atoms with Crippen molar-refractivity contribution >= 4 is 12.0 Å². The molecule has 0 heterocycles. The highest BCUT2D eigenvalue weighted by atomic mass is 16.6.